The molecule has 0 saturated carbocycles. The maximum atomic E-state index is 11.4. The van der Waals surface area contributed by atoms with Gasteiger partial charge < -0.3 is 9.11 Å². The monoisotopic (exact) mass is 622 g/mol. The van der Waals surface area contributed by atoms with E-state index in [4.69, 9.17) is 0 Å². The van der Waals surface area contributed by atoms with Crippen LogP contribution in [0.2, 0.25) is 0 Å². The fourth-order valence-electron chi connectivity index (χ4n) is 5.39. The molecule has 9 heteroatoms. The summed E-state index contributed by atoms with van der Waals surface area (Å²) in [4.78, 5) is -0.138. The molecular weight excluding hydrogens is 585 g/mol. The third kappa shape index (κ3) is 8.75. The minimum Gasteiger partial charge on any atom is -0.744 e. The van der Waals surface area contributed by atoms with Crippen molar-refractivity contribution in [3.8, 4) is 0 Å². The van der Waals surface area contributed by atoms with Crippen molar-refractivity contribution in [3.05, 3.63) is 82.9 Å². The number of aryl methyl sites for hydroxylation is 4. The van der Waals surface area contributed by atoms with Gasteiger partial charge in [-0.1, -0.05) is 102 Å². The zero-order chi connectivity index (χ0) is 29.5. The van der Waals surface area contributed by atoms with Gasteiger partial charge >= 0.3 is 37.7 Å². The number of fused-ring (bicyclic) bond motifs is 2. The van der Waals surface area contributed by atoms with Crippen LogP contribution in [0.3, 0.4) is 0 Å². The summed E-state index contributed by atoms with van der Waals surface area (Å²) in [5.41, 5.74) is 3.74. The molecule has 0 fully saturated rings. The first kappa shape index (κ1) is 35.7. The molecule has 4 rings (SSSR count). The maximum absolute atomic E-state index is 11.4. The molecule has 0 aliphatic rings. The molecule has 0 bridgehead atoms. The Hall–Kier alpha value is -1.52. The van der Waals surface area contributed by atoms with Crippen molar-refractivity contribution in [2.24, 2.45) is 0 Å². The van der Waals surface area contributed by atoms with Crippen molar-refractivity contribution >= 4 is 79.5 Å². The summed E-state index contributed by atoms with van der Waals surface area (Å²) in [7, 11) is -8.84. The first-order chi connectivity index (χ1) is 19.0. The van der Waals surface area contributed by atoms with Crippen molar-refractivity contribution < 1.29 is 25.9 Å². The molecule has 0 spiro atoms. The van der Waals surface area contributed by atoms with E-state index in [1.807, 2.05) is 38.1 Å². The molecule has 0 heterocycles. The average molecular weight is 623 g/mol. The normalized spacial score (nSPS) is 11.7. The van der Waals surface area contributed by atoms with E-state index < -0.39 is 20.2 Å². The Bertz CT molecular complexity index is 1570. The zero-order valence-electron chi connectivity index (χ0n) is 24.4. The van der Waals surface area contributed by atoms with E-state index >= 15 is 0 Å². The van der Waals surface area contributed by atoms with Crippen molar-refractivity contribution in [2.45, 2.75) is 88.9 Å². The van der Waals surface area contributed by atoms with Crippen molar-refractivity contribution in [1.82, 2.24) is 0 Å². The summed E-state index contributed by atoms with van der Waals surface area (Å²) >= 11 is 0. The quantitative estimate of drug-likeness (QED) is 0.140. The summed E-state index contributed by atoms with van der Waals surface area (Å²) in [6.07, 6.45) is 6.78. The van der Waals surface area contributed by atoms with Crippen molar-refractivity contribution in [2.75, 3.05) is 0 Å². The molecule has 0 saturated heterocycles. The first-order valence-corrected chi connectivity index (χ1v) is 16.8. The Morgan fingerprint density at radius 1 is 0.488 bits per heavy atom. The molecule has 0 aliphatic heterocycles. The molecule has 0 N–H and O–H groups in total. The van der Waals surface area contributed by atoms with E-state index in [1.54, 1.807) is 12.1 Å². The van der Waals surface area contributed by atoms with Crippen molar-refractivity contribution in [3.63, 3.8) is 0 Å². The van der Waals surface area contributed by atoms with Crippen LogP contribution in [-0.2, 0) is 45.9 Å². The van der Waals surface area contributed by atoms with Crippen LogP contribution in [0.5, 0.6) is 0 Å². The van der Waals surface area contributed by atoms with E-state index in [0.717, 1.165) is 60.1 Å². The molecule has 0 atom stereocenters. The SMILES string of the molecule is CCCc1cccc2c(CCC)c(S(=O)(=O)[O-])ccc12.CCCc1cccc2c(CCC)c(S(=O)(=O)[O-])ccc12.[Ca+2]. The molecular formula is C32H38CaO6S2. The molecule has 4 aromatic carbocycles. The predicted octanol–water partition coefficient (Wildman–Crippen LogP) is 6.92. The van der Waals surface area contributed by atoms with Crippen molar-refractivity contribution in [1.29, 1.82) is 0 Å². The fraction of sp³-hybridized carbons (Fsp3) is 0.375. The summed E-state index contributed by atoms with van der Waals surface area (Å²) < 4.78 is 68.6. The molecule has 0 aromatic heterocycles. The summed E-state index contributed by atoms with van der Waals surface area (Å²) in [6, 6.07) is 18.3. The van der Waals surface area contributed by atoms with E-state index in [-0.39, 0.29) is 47.5 Å². The van der Waals surface area contributed by atoms with Gasteiger partial charge in [0, 0.05) is 0 Å². The standard InChI is InChI=1S/2C16H20O3S.Ca/c2*1-3-6-12-8-5-9-14-13(12)10-11-16(20(17,18)19)15(14)7-4-2;/h2*5,8-11H,3-4,6-7H2,1-2H3,(H,17,18,19);/q;;+2/p-2. The summed E-state index contributed by atoms with van der Waals surface area (Å²) in [5.74, 6) is 0. The van der Waals surface area contributed by atoms with Crippen LogP contribution in [0.4, 0.5) is 0 Å². The van der Waals surface area contributed by atoms with Crippen LogP contribution in [0.15, 0.2) is 70.5 Å². The minimum absolute atomic E-state index is 0. The summed E-state index contributed by atoms with van der Waals surface area (Å²) in [5, 5.41) is 3.92. The number of benzene rings is 4. The number of rotatable bonds is 10. The van der Waals surface area contributed by atoms with E-state index in [2.05, 4.69) is 26.0 Å². The van der Waals surface area contributed by atoms with Crippen LogP contribution in [0.1, 0.15) is 75.6 Å². The topological polar surface area (TPSA) is 114 Å². The van der Waals surface area contributed by atoms with Gasteiger partial charge in [0.2, 0.25) is 0 Å². The predicted molar refractivity (Wildman–Crippen MR) is 166 cm³/mol. The second-order valence-electron chi connectivity index (χ2n) is 10.0. The number of hydrogen-bond acceptors (Lipinski definition) is 6. The molecule has 41 heavy (non-hydrogen) atoms. The van der Waals surface area contributed by atoms with Gasteiger partial charge in [-0.3, -0.25) is 0 Å². The number of hydrogen-bond donors (Lipinski definition) is 0. The maximum Gasteiger partial charge on any atom is 2.00 e. The smallest absolute Gasteiger partial charge is 0.744 e. The molecule has 0 aliphatic carbocycles. The van der Waals surface area contributed by atoms with Crippen LogP contribution >= 0.6 is 0 Å². The van der Waals surface area contributed by atoms with E-state index in [1.165, 1.54) is 23.3 Å². The van der Waals surface area contributed by atoms with Gasteiger partial charge in [-0.2, -0.15) is 0 Å². The molecule has 0 unspecified atom stereocenters. The molecule has 6 nitrogen and oxygen atoms in total. The molecule has 0 radical (unpaired) electrons. The largest absolute Gasteiger partial charge is 2.00 e. The Morgan fingerprint density at radius 3 is 1.12 bits per heavy atom. The molecule has 216 valence electrons. The Kier molecular flexibility index (Phi) is 13.8. The van der Waals surface area contributed by atoms with Gasteiger partial charge in [-0.15, -0.1) is 0 Å². The Labute approximate surface area is 275 Å². The van der Waals surface area contributed by atoms with Gasteiger partial charge in [-0.25, -0.2) is 16.8 Å². The van der Waals surface area contributed by atoms with Gasteiger partial charge in [0.1, 0.15) is 20.2 Å². The van der Waals surface area contributed by atoms with Gasteiger partial charge in [-0.05, 0) is 81.6 Å². The zero-order valence-corrected chi connectivity index (χ0v) is 28.2. The van der Waals surface area contributed by atoms with E-state index in [0.29, 0.717) is 24.0 Å². The third-order valence-electron chi connectivity index (χ3n) is 7.02. The van der Waals surface area contributed by atoms with Crippen LogP contribution in [0.25, 0.3) is 21.5 Å². The average Bonchev–Trinajstić information content (AvgIpc) is 2.89. The Morgan fingerprint density at radius 2 is 0.829 bits per heavy atom. The van der Waals surface area contributed by atoms with Crippen LogP contribution in [-0.4, -0.2) is 63.7 Å². The second kappa shape index (κ2) is 15.8. The van der Waals surface area contributed by atoms with Crippen LogP contribution < -0.4 is 0 Å². The Balaban J connectivity index is 0.000000280. The third-order valence-corrected chi connectivity index (χ3v) is 8.86. The van der Waals surface area contributed by atoms with Gasteiger partial charge in [0.25, 0.3) is 0 Å². The summed E-state index contributed by atoms with van der Waals surface area (Å²) in [6.45, 7) is 8.19. The van der Waals surface area contributed by atoms with Gasteiger partial charge in [0.15, 0.2) is 0 Å². The minimum atomic E-state index is -4.42. The fourth-order valence-corrected chi connectivity index (χ4v) is 6.89. The first-order valence-electron chi connectivity index (χ1n) is 14.0. The van der Waals surface area contributed by atoms with E-state index in [9.17, 15) is 25.9 Å². The van der Waals surface area contributed by atoms with Crippen LogP contribution in [0, 0.1) is 0 Å². The second-order valence-corrected chi connectivity index (χ2v) is 12.7. The van der Waals surface area contributed by atoms with Gasteiger partial charge in [0.05, 0.1) is 9.79 Å². The molecule has 0 amide bonds. The molecule has 4 aromatic rings.